The Balaban J connectivity index is 1.31. The second kappa shape index (κ2) is 11.5. The van der Waals surface area contributed by atoms with Gasteiger partial charge < -0.3 is 9.80 Å². The van der Waals surface area contributed by atoms with Crippen LogP contribution < -0.4 is 26.2 Å². The summed E-state index contributed by atoms with van der Waals surface area (Å²) in [6.07, 6.45) is 3.75. The van der Waals surface area contributed by atoms with Crippen molar-refractivity contribution < 1.29 is 0 Å². The molecule has 5 heteroatoms. The van der Waals surface area contributed by atoms with E-state index in [1.807, 2.05) is 24.5 Å². The second-order valence-corrected chi connectivity index (χ2v) is 12.3. The molecular formula is C42H31BN4. The molecule has 9 rings (SSSR count). The summed E-state index contributed by atoms with van der Waals surface area (Å²) in [5.41, 5.74) is 15.7. The quantitative estimate of drug-likeness (QED) is 0.183. The Morgan fingerprint density at radius 2 is 0.894 bits per heavy atom. The van der Waals surface area contributed by atoms with Crippen LogP contribution in [0.2, 0.25) is 0 Å². The van der Waals surface area contributed by atoms with Crippen molar-refractivity contribution in [2.24, 2.45) is 0 Å². The van der Waals surface area contributed by atoms with Gasteiger partial charge >= 0.3 is 0 Å². The highest BCUT2D eigenvalue weighted by atomic mass is 15.2. The number of rotatable bonds is 6. The Labute approximate surface area is 275 Å². The molecule has 0 bridgehead atoms. The Bertz CT molecular complexity index is 2050. The molecule has 47 heavy (non-hydrogen) atoms. The van der Waals surface area contributed by atoms with Gasteiger partial charge in [0.25, 0.3) is 6.71 Å². The smallest absolute Gasteiger partial charge is 0.252 e. The van der Waals surface area contributed by atoms with Crippen molar-refractivity contribution in [3.8, 4) is 22.5 Å². The van der Waals surface area contributed by atoms with E-state index < -0.39 is 0 Å². The fourth-order valence-electron chi connectivity index (χ4n) is 7.37. The van der Waals surface area contributed by atoms with E-state index in [0.717, 1.165) is 35.6 Å². The first-order valence-electron chi connectivity index (χ1n) is 16.2. The zero-order chi connectivity index (χ0) is 31.2. The molecule has 2 aliphatic rings. The van der Waals surface area contributed by atoms with Crippen molar-refractivity contribution in [2.75, 3.05) is 9.80 Å². The normalized spacial score (nSPS) is 12.7. The van der Waals surface area contributed by atoms with Crippen LogP contribution in [-0.2, 0) is 13.1 Å². The molecule has 0 atom stereocenters. The minimum atomic E-state index is 0.0394. The van der Waals surface area contributed by atoms with Gasteiger partial charge in [-0.3, -0.25) is 9.97 Å². The minimum absolute atomic E-state index is 0.0394. The fraction of sp³-hybridized carbons (Fsp3) is 0.0476. The summed E-state index contributed by atoms with van der Waals surface area (Å²) < 4.78 is 0. The molecule has 4 heterocycles. The topological polar surface area (TPSA) is 32.3 Å². The number of hydrogen-bond acceptors (Lipinski definition) is 4. The summed E-state index contributed by atoms with van der Waals surface area (Å²) in [5, 5.41) is 0. The summed E-state index contributed by atoms with van der Waals surface area (Å²) >= 11 is 0. The Hall–Kier alpha value is -5.94. The Morgan fingerprint density at radius 1 is 0.426 bits per heavy atom. The van der Waals surface area contributed by atoms with E-state index in [4.69, 9.17) is 9.97 Å². The van der Waals surface area contributed by atoms with Crippen LogP contribution in [0, 0.1) is 0 Å². The van der Waals surface area contributed by atoms with E-state index in [1.165, 1.54) is 50.3 Å². The maximum atomic E-state index is 4.74. The molecule has 222 valence electrons. The molecule has 0 unspecified atom stereocenters. The summed E-state index contributed by atoms with van der Waals surface area (Å²) in [7, 11) is 0. The predicted molar refractivity (Wildman–Crippen MR) is 195 cm³/mol. The summed E-state index contributed by atoms with van der Waals surface area (Å²) in [4.78, 5) is 14.5. The summed E-state index contributed by atoms with van der Waals surface area (Å²) in [6.45, 7) is 1.59. The van der Waals surface area contributed by atoms with Crippen molar-refractivity contribution >= 4 is 45.9 Å². The zero-order valence-corrected chi connectivity index (χ0v) is 25.9. The first-order valence-corrected chi connectivity index (χ1v) is 16.2. The lowest BCUT2D eigenvalue weighted by molar-refractivity contribution is 0.961. The van der Waals surface area contributed by atoms with Crippen LogP contribution in [0.15, 0.2) is 164 Å². The maximum Gasteiger partial charge on any atom is 0.252 e. The first-order chi connectivity index (χ1) is 23.3. The van der Waals surface area contributed by atoms with E-state index in [1.54, 1.807) is 0 Å². The van der Waals surface area contributed by atoms with Gasteiger partial charge in [0.1, 0.15) is 0 Å². The van der Waals surface area contributed by atoms with E-state index in [9.17, 15) is 0 Å². The Kier molecular flexibility index (Phi) is 6.67. The van der Waals surface area contributed by atoms with Gasteiger partial charge in [-0.05, 0) is 87.2 Å². The van der Waals surface area contributed by atoms with Crippen molar-refractivity contribution in [3.63, 3.8) is 0 Å². The fourth-order valence-corrected chi connectivity index (χ4v) is 7.37. The standard InChI is InChI=1S/C42H31BN4/c1-3-12-30(13-4-1)28-46-38-22-20-32(36-16-7-9-24-44-36)26-34(38)43-35-27-33(37-17-8-10-25-45-37)21-23-39(35)47(29-31-14-5-2-6-15-31)41-19-11-18-40(46)42(41)43/h1-27H,28-29H2. The van der Waals surface area contributed by atoms with Gasteiger partial charge in [-0.2, -0.15) is 0 Å². The monoisotopic (exact) mass is 602 g/mol. The highest BCUT2D eigenvalue weighted by molar-refractivity contribution is 7.00. The highest BCUT2D eigenvalue weighted by Crippen LogP contribution is 2.40. The van der Waals surface area contributed by atoms with Crippen molar-refractivity contribution in [1.82, 2.24) is 9.97 Å². The van der Waals surface area contributed by atoms with Gasteiger partial charge in [0.05, 0.1) is 11.4 Å². The molecule has 0 radical (unpaired) electrons. The lowest BCUT2D eigenvalue weighted by atomic mass is 9.33. The largest absolute Gasteiger partial charge is 0.338 e. The van der Waals surface area contributed by atoms with Gasteiger partial charge in [0.2, 0.25) is 0 Å². The van der Waals surface area contributed by atoms with E-state index in [-0.39, 0.29) is 6.71 Å². The van der Waals surface area contributed by atoms with E-state index in [0.29, 0.717) is 0 Å². The van der Waals surface area contributed by atoms with Gasteiger partial charge in [0, 0.05) is 48.2 Å². The molecule has 0 aliphatic carbocycles. The van der Waals surface area contributed by atoms with Crippen LogP contribution >= 0.6 is 0 Å². The molecule has 4 nitrogen and oxygen atoms in total. The van der Waals surface area contributed by atoms with E-state index in [2.05, 4.69) is 149 Å². The van der Waals surface area contributed by atoms with E-state index >= 15 is 0 Å². The van der Waals surface area contributed by atoms with Crippen LogP contribution in [-0.4, -0.2) is 16.7 Å². The zero-order valence-electron chi connectivity index (χ0n) is 25.9. The summed E-state index contributed by atoms with van der Waals surface area (Å²) in [6, 6.07) is 54.5. The number of aromatic nitrogens is 2. The Morgan fingerprint density at radius 3 is 1.34 bits per heavy atom. The van der Waals surface area contributed by atoms with Gasteiger partial charge in [-0.25, -0.2) is 0 Å². The molecular weight excluding hydrogens is 571 g/mol. The first kappa shape index (κ1) is 27.4. The number of nitrogens with zero attached hydrogens (tertiary/aromatic N) is 4. The molecule has 2 aromatic heterocycles. The second-order valence-electron chi connectivity index (χ2n) is 12.3. The lowest BCUT2D eigenvalue weighted by Crippen LogP contribution is -2.62. The molecule has 0 fully saturated rings. The molecule has 0 saturated heterocycles. The number of fused-ring (bicyclic) bond motifs is 4. The molecule has 0 N–H and O–H groups in total. The predicted octanol–water partition coefficient (Wildman–Crippen LogP) is 7.63. The third-order valence-electron chi connectivity index (χ3n) is 9.48. The third kappa shape index (κ3) is 4.79. The molecule has 0 amide bonds. The average molecular weight is 603 g/mol. The maximum absolute atomic E-state index is 4.74. The molecule has 2 aliphatic heterocycles. The van der Waals surface area contributed by atoms with Crippen molar-refractivity contribution in [1.29, 1.82) is 0 Å². The number of anilines is 4. The van der Waals surface area contributed by atoms with Crippen LogP contribution in [0.5, 0.6) is 0 Å². The highest BCUT2D eigenvalue weighted by Gasteiger charge is 2.42. The van der Waals surface area contributed by atoms with Crippen LogP contribution in [0.1, 0.15) is 11.1 Å². The molecule has 5 aromatic carbocycles. The minimum Gasteiger partial charge on any atom is -0.338 e. The van der Waals surface area contributed by atoms with Gasteiger partial charge in [-0.15, -0.1) is 0 Å². The summed E-state index contributed by atoms with van der Waals surface area (Å²) in [5.74, 6) is 0. The number of hydrogen-bond donors (Lipinski definition) is 0. The van der Waals surface area contributed by atoms with Crippen molar-refractivity contribution in [3.05, 3.63) is 175 Å². The number of benzene rings is 5. The number of pyridine rings is 2. The van der Waals surface area contributed by atoms with Crippen molar-refractivity contribution in [2.45, 2.75) is 13.1 Å². The van der Waals surface area contributed by atoms with Crippen LogP contribution in [0.25, 0.3) is 22.5 Å². The van der Waals surface area contributed by atoms with Gasteiger partial charge in [-0.1, -0.05) is 103 Å². The van der Waals surface area contributed by atoms with Gasteiger partial charge in [0.15, 0.2) is 0 Å². The molecule has 0 spiro atoms. The van der Waals surface area contributed by atoms with Crippen LogP contribution in [0.3, 0.4) is 0 Å². The van der Waals surface area contributed by atoms with Crippen LogP contribution in [0.4, 0.5) is 22.7 Å². The molecule has 0 saturated carbocycles. The SMILES string of the molecule is c1ccc(CN2c3ccc(-c4ccccn4)cc3B3c4cc(-c5ccccn5)ccc4N(Cc4ccccc4)c4cccc2c43)cc1. The average Bonchev–Trinajstić information content (AvgIpc) is 3.15. The third-order valence-corrected chi connectivity index (χ3v) is 9.48. The molecule has 7 aromatic rings. The lowest BCUT2D eigenvalue weighted by Gasteiger charge is -2.44.